The molecule has 1 atom stereocenters. The molecule has 0 spiro atoms. The van der Waals surface area contributed by atoms with E-state index in [2.05, 4.69) is 4.99 Å². The van der Waals surface area contributed by atoms with Crippen LogP contribution in [0.2, 0.25) is 0 Å². The minimum Gasteiger partial charge on any atom is -0.324 e. The Bertz CT molecular complexity index is 176. The number of hydrogen-bond donors (Lipinski definition) is 1. The molecule has 0 aromatic heterocycles. The van der Waals surface area contributed by atoms with Crippen molar-refractivity contribution in [2.24, 2.45) is 10.7 Å². The number of nitrogens with zero attached hydrogens (tertiary/aromatic N) is 1. The van der Waals surface area contributed by atoms with E-state index in [1.165, 1.54) is 0 Å². The van der Waals surface area contributed by atoms with Crippen LogP contribution in [0.1, 0.15) is 20.8 Å². The van der Waals surface area contributed by atoms with Crippen LogP contribution in [0.5, 0.6) is 0 Å². The largest absolute Gasteiger partial charge is 0.324 e. The normalized spacial score (nSPS) is 16.5. The summed E-state index contributed by atoms with van der Waals surface area (Å²) in [7, 11) is 0. The fraction of sp³-hybridized carbons (Fsp3) is 0.444. The lowest BCUT2D eigenvalue weighted by molar-refractivity contribution is 0.882. The summed E-state index contributed by atoms with van der Waals surface area (Å²) < 4.78 is 0. The van der Waals surface area contributed by atoms with Gasteiger partial charge in [-0.25, -0.2) is 0 Å². The summed E-state index contributed by atoms with van der Waals surface area (Å²) in [5.74, 6) is 0. The predicted molar refractivity (Wildman–Crippen MR) is 50.7 cm³/mol. The Labute approximate surface area is 68.5 Å². The van der Waals surface area contributed by atoms with Crippen LogP contribution >= 0.6 is 0 Å². The minimum absolute atomic E-state index is 0.0864. The molecule has 0 aliphatic heterocycles. The summed E-state index contributed by atoms with van der Waals surface area (Å²) in [6.45, 7) is 5.81. The lowest BCUT2D eigenvalue weighted by Crippen LogP contribution is -2.16. The number of aliphatic imine (C=N–C) groups is 1. The average molecular weight is 152 g/mol. The van der Waals surface area contributed by atoms with E-state index in [0.29, 0.717) is 0 Å². The van der Waals surface area contributed by atoms with Gasteiger partial charge in [0.05, 0.1) is 0 Å². The van der Waals surface area contributed by atoms with Gasteiger partial charge in [-0.1, -0.05) is 6.08 Å². The second kappa shape index (κ2) is 5.86. The molecule has 0 rings (SSSR count). The van der Waals surface area contributed by atoms with Crippen molar-refractivity contribution in [3.63, 3.8) is 0 Å². The first-order valence-corrected chi connectivity index (χ1v) is 3.78. The highest BCUT2D eigenvalue weighted by molar-refractivity contribution is 5.54. The maximum Gasteiger partial charge on any atom is 0.0266 e. The zero-order valence-corrected chi connectivity index (χ0v) is 7.41. The Hall–Kier alpha value is -0.890. The molecule has 0 radical (unpaired) electrons. The molecule has 62 valence electrons. The molecule has 0 aromatic rings. The summed E-state index contributed by atoms with van der Waals surface area (Å²) >= 11 is 0. The molecule has 2 heteroatoms. The summed E-state index contributed by atoms with van der Waals surface area (Å²) in [6, 6.07) is 0.0864. The van der Waals surface area contributed by atoms with E-state index in [1.54, 1.807) is 12.4 Å². The molecule has 0 aliphatic carbocycles. The summed E-state index contributed by atoms with van der Waals surface area (Å²) in [5.41, 5.74) is 6.77. The molecule has 0 heterocycles. The topological polar surface area (TPSA) is 38.4 Å². The van der Waals surface area contributed by atoms with E-state index >= 15 is 0 Å². The van der Waals surface area contributed by atoms with E-state index in [0.717, 1.165) is 5.57 Å². The second-order valence-corrected chi connectivity index (χ2v) is 2.30. The highest BCUT2D eigenvalue weighted by Gasteiger charge is 1.95. The Morgan fingerprint density at radius 2 is 2.09 bits per heavy atom. The van der Waals surface area contributed by atoms with Crippen LogP contribution in [0.4, 0.5) is 0 Å². The van der Waals surface area contributed by atoms with Crippen LogP contribution in [0.15, 0.2) is 28.9 Å². The lowest BCUT2D eigenvalue weighted by Gasteiger charge is -2.03. The van der Waals surface area contributed by atoms with E-state index in [4.69, 9.17) is 5.73 Å². The lowest BCUT2D eigenvalue weighted by atomic mass is 10.1. The molecule has 0 amide bonds. The van der Waals surface area contributed by atoms with Crippen LogP contribution in [0.3, 0.4) is 0 Å². The van der Waals surface area contributed by atoms with Crippen molar-refractivity contribution in [1.82, 2.24) is 0 Å². The van der Waals surface area contributed by atoms with Crippen LogP contribution in [0.25, 0.3) is 0 Å². The van der Waals surface area contributed by atoms with Gasteiger partial charge in [0.1, 0.15) is 0 Å². The molecule has 1 unspecified atom stereocenters. The minimum atomic E-state index is 0.0864. The molecular formula is C9H16N2. The van der Waals surface area contributed by atoms with Crippen LogP contribution in [-0.4, -0.2) is 12.3 Å². The fourth-order valence-electron chi connectivity index (χ4n) is 0.726. The molecular weight excluding hydrogens is 136 g/mol. The number of nitrogens with two attached hydrogens (primary N) is 1. The number of hydrogen-bond acceptors (Lipinski definition) is 2. The van der Waals surface area contributed by atoms with Gasteiger partial charge in [0.2, 0.25) is 0 Å². The van der Waals surface area contributed by atoms with Gasteiger partial charge >= 0.3 is 0 Å². The average Bonchev–Trinajstić information content (AvgIpc) is 1.97. The van der Waals surface area contributed by atoms with E-state index in [-0.39, 0.29) is 6.04 Å². The van der Waals surface area contributed by atoms with Gasteiger partial charge in [-0.2, -0.15) is 0 Å². The van der Waals surface area contributed by atoms with Gasteiger partial charge in [0, 0.05) is 18.5 Å². The smallest absolute Gasteiger partial charge is 0.0266 e. The zero-order valence-electron chi connectivity index (χ0n) is 7.41. The summed E-state index contributed by atoms with van der Waals surface area (Å²) in [6.07, 6.45) is 7.40. The van der Waals surface area contributed by atoms with Crippen LogP contribution in [0, 0.1) is 0 Å². The van der Waals surface area contributed by atoms with E-state index in [1.807, 2.05) is 32.9 Å². The molecule has 0 aromatic carbocycles. The maximum absolute atomic E-state index is 5.66. The third-order valence-electron chi connectivity index (χ3n) is 1.36. The van der Waals surface area contributed by atoms with Crippen molar-refractivity contribution in [3.05, 3.63) is 23.9 Å². The van der Waals surface area contributed by atoms with Crippen LogP contribution in [-0.2, 0) is 0 Å². The Morgan fingerprint density at radius 3 is 2.45 bits per heavy atom. The SMILES string of the molecule is CC=N/C=C\C(=C/C)C(C)N. The third kappa shape index (κ3) is 4.51. The first-order valence-electron chi connectivity index (χ1n) is 3.78. The molecule has 0 aliphatic rings. The van der Waals surface area contributed by atoms with Crippen molar-refractivity contribution < 1.29 is 0 Å². The van der Waals surface area contributed by atoms with Gasteiger partial charge in [-0.15, -0.1) is 0 Å². The van der Waals surface area contributed by atoms with Crippen molar-refractivity contribution in [2.75, 3.05) is 0 Å². The first-order chi connectivity index (χ1) is 5.22. The van der Waals surface area contributed by atoms with Gasteiger partial charge in [0.25, 0.3) is 0 Å². The highest BCUT2D eigenvalue weighted by Crippen LogP contribution is 2.00. The van der Waals surface area contributed by atoms with E-state index in [9.17, 15) is 0 Å². The molecule has 2 N–H and O–H groups in total. The van der Waals surface area contributed by atoms with Crippen molar-refractivity contribution in [1.29, 1.82) is 0 Å². The molecule has 0 saturated carbocycles. The molecule has 0 bridgehead atoms. The molecule has 0 saturated heterocycles. The first kappa shape index (κ1) is 10.1. The number of allylic oxidation sites excluding steroid dienone is 1. The third-order valence-corrected chi connectivity index (χ3v) is 1.36. The Kier molecular flexibility index (Phi) is 5.39. The predicted octanol–water partition coefficient (Wildman–Crippen LogP) is 1.88. The molecule has 11 heavy (non-hydrogen) atoms. The summed E-state index contributed by atoms with van der Waals surface area (Å²) in [5, 5.41) is 0. The summed E-state index contributed by atoms with van der Waals surface area (Å²) in [4.78, 5) is 3.94. The molecule has 2 nitrogen and oxygen atoms in total. The Morgan fingerprint density at radius 1 is 1.45 bits per heavy atom. The van der Waals surface area contributed by atoms with Crippen molar-refractivity contribution >= 4 is 6.21 Å². The monoisotopic (exact) mass is 152 g/mol. The quantitative estimate of drug-likeness (QED) is 0.486. The zero-order chi connectivity index (χ0) is 8.69. The highest BCUT2D eigenvalue weighted by atomic mass is 14.7. The van der Waals surface area contributed by atoms with Crippen molar-refractivity contribution in [3.8, 4) is 0 Å². The standard InChI is InChI=1S/C9H16N2/c1-4-9(8(3)10)6-7-11-5-2/h4-8H,10H2,1-3H3/b7-6-,9-4+,11-5?. The van der Waals surface area contributed by atoms with Gasteiger partial charge in [-0.3, -0.25) is 4.99 Å². The Balaban J connectivity index is 4.10. The number of rotatable bonds is 3. The van der Waals surface area contributed by atoms with Gasteiger partial charge in [0.15, 0.2) is 0 Å². The maximum atomic E-state index is 5.66. The van der Waals surface area contributed by atoms with Gasteiger partial charge in [-0.05, 0) is 32.4 Å². The molecule has 0 fully saturated rings. The second-order valence-electron chi connectivity index (χ2n) is 2.30. The van der Waals surface area contributed by atoms with Crippen molar-refractivity contribution in [2.45, 2.75) is 26.8 Å². The fourth-order valence-corrected chi connectivity index (χ4v) is 0.726. The van der Waals surface area contributed by atoms with Crippen LogP contribution < -0.4 is 5.73 Å². The van der Waals surface area contributed by atoms with Gasteiger partial charge < -0.3 is 5.73 Å². The van der Waals surface area contributed by atoms with E-state index < -0.39 is 0 Å².